The summed E-state index contributed by atoms with van der Waals surface area (Å²) in [4.78, 5) is 60.8. The molecule has 1 N–H and O–H groups in total. The minimum Gasteiger partial charge on any atom is -0.546 e. The average Bonchev–Trinajstić information content (AvgIpc) is 2.80. The Morgan fingerprint density at radius 2 is 1.79 bits per heavy atom. The van der Waals surface area contributed by atoms with Crippen molar-refractivity contribution in [3.05, 3.63) is 58.1 Å². The quantitative estimate of drug-likeness (QED) is 0.341. The number of benzene rings is 2. The van der Waals surface area contributed by atoms with Crippen molar-refractivity contribution in [2.45, 2.75) is 0 Å². The number of aliphatic carboxylic acids is 1. The zero-order valence-electron chi connectivity index (χ0n) is 17.7. The molecular weight excluding hydrogens is 472 g/mol. The maximum Gasteiger partial charge on any atom is 0.337 e. The molecule has 0 radical (unpaired) electrons. The van der Waals surface area contributed by atoms with Crippen molar-refractivity contribution in [3.63, 3.8) is 0 Å². The molecule has 3 rings (SSSR count). The molecule has 4 amide bonds. The highest BCUT2D eigenvalue weighted by Crippen LogP contribution is 2.37. The number of rotatable bonds is 7. The molecule has 0 aromatic heterocycles. The number of carboxylic acids is 1. The molecule has 1 aliphatic heterocycles. The molecule has 0 atom stereocenters. The number of carbonyl (C=O) groups excluding carboxylic acids is 5. The Balaban J connectivity index is 1.96. The number of esters is 1. The maximum atomic E-state index is 13.0. The number of anilines is 1. The van der Waals surface area contributed by atoms with Gasteiger partial charge in [-0.15, -0.1) is 0 Å². The lowest BCUT2D eigenvalue weighted by Crippen LogP contribution is -2.54. The number of barbiturate groups is 1. The second-order valence-corrected chi connectivity index (χ2v) is 7.10. The van der Waals surface area contributed by atoms with E-state index in [9.17, 15) is 29.1 Å². The molecular formula is C22H16ClN2O9-. The van der Waals surface area contributed by atoms with Crippen molar-refractivity contribution in [1.82, 2.24) is 5.32 Å². The highest BCUT2D eigenvalue weighted by atomic mass is 35.5. The zero-order chi connectivity index (χ0) is 25.0. The molecule has 34 heavy (non-hydrogen) atoms. The molecule has 1 fully saturated rings. The highest BCUT2D eigenvalue weighted by molar-refractivity contribution is 6.39. The predicted molar refractivity (Wildman–Crippen MR) is 115 cm³/mol. The lowest BCUT2D eigenvalue weighted by Gasteiger charge is -2.26. The average molecular weight is 488 g/mol. The largest absolute Gasteiger partial charge is 0.546 e. The molecule has 2 aromatic rings. The molecule has 0 unspecified atom stereocenters. The first kappa shape index (κ1) is 24.3. The van der Waals surface area contributed by atoms with E-state index in [1.165, 1.54) is 56.7 Å². The van der Waals surface area contributed by atoms with Crippen LogP contribution >= 0.6 is 11.6 Å². The fourth-order valence-electron chi connectivity index (χ4n) is 3.02. The van der Waals surface area contributed by atoms with Crippen LogP contribution in [-0.2, 0) is 19.1 Å². The van der Waals surface area contributed by atoms with Crippen LogP contribution in [0.3, 0.4) is 0 Å². The Hall–Kier alpha value is -4.38. The van der Waals surface area contributed by atoms with Gasteiger partial charge in [0.25, 0.3) is 11.8 Å². The van der Waals surface area contributed by atoms with E-state index in [0.29, 0.717) is 0 Å². The summed E-state index contributed by atoms with van der Waals surface area (Å²) in [6.07, 6.45) is 1.18. The first-order valence-electron chi connectivity index (χ1n) is 9.46. The lowest BCUT2D eigenvalue weighted by molar-refractivity contribution is -0.307. The number of urea groups is 1. The molecule has 1 heterocycles. The first-order chi connectivity index (χ1) is 16.2. The third kappa shape index (κ3) is 4.99. The molecule has 11 nitrogen and oxygen atoms in total. The van der Waals surface area contributed by atoms with E-state index >= 15 is 0 Å². The van der Waals surface area contributed by atoms with Gasteiger partial charge < -0.3 is 24.1 Å². The van der Waals surface area contributed by atoms with E-state index in [4.69, 9.17) is 21.1 Å². The van der Waals surface area contributed by atoms with Gasteiger partial charge in [0.1, 0.15) is 12.2 Å². The van der Waals surface area contributed by atoms with Crippen molar-refractivity contribution in [3.8, 4) is 11.5 Å². The molecule has 0 bridgehead atoms. The Labute approximate surface area is 197 Å². The van der Waals surface area contributed by atoms with Crippen molar-refractivity contribution in [1.29, 1.82) is 0 Å². The standard InChI is InChI=1S/C22H17ClN2O9/c1-32-16-9-11(8-15(23)18(16)34-10-17(26)27)7-14-19(28)24-22(31)25(20(14)29)13-5-3-12(4-6-13)21(30)33-2/h3-9H,10H2,1-2H3,(H,26,27)(H,24,28,31)/p-1/b14-7+. The number of methoxy groups -OCH3 is 2. The van der Waals surface area contributed by atoms with Crippen LogP contribution < -0.4 is 24.8 Å². The summed E-state index contributed by atoms with van der Waals surface area (Å²) in [5.41, 5.74) is 0.149. The van der Waals surface area contributed by atoms with Crippen LogP contribution in [0, 0.1) is 0 Å². The summed E-state index contributed by atoms with van der Waals surface area (Å²) in [6.45, 7) is -0.775. The number of hydrogen-bond donors (Lipinski definition) is 1. The third-order valence-corrected chi connectivity index (χ3v) is 4.83. The molecule has 0 saturated carbocycles. The van der Waals surface area contributed by atoms with Gasteiger partial charge in [0, 0.05) is 0 Å². The highest BCUT2D eigenvalue weighted by Gasteiger charge is 2.37. The van der Waals surface area contributed by atoms with Crippen LogP contribution in [0.5, 0.6) is 11.5 Å². The third-order valence-electron chi connectivity index (χ3n) is 4.55. The van der Waals surface area contributed by atoms with Gasteiger partial charge in [0.05, 0.1) is 36.5 Å². The number of nitrogens with one attached hydrogen (secondary N) is 1. The van der Waals surface area contributed by atoms with Crippen LogP contribution in [0.2, 0.25) is 5.02 Å². The van der Waals surface area contributed by atoms with E-state index in [0.717, 1.165) is 4.90 Å². The van der Waals surface area contributed by atoms with Gasteiger partial charge in [-0.05, 0) is 48.0 Å². The number of carboxylic acid groups (broad SMARTS) is 1. The number of amides is 4. The van der Waals surface area contributed by atoms with Gasteiger partial charge >= 0.3 is 12.0 Å². The smallest absolute Gasteiger partial charge is 0.337 e. The normalized spacial score (nSPS) is 14.6. The van der Waals surface area contributed by atoms with E-state index in [-0.39, 0.29) is 33.3 Å². The van der Waals surface area contributed by atoms with Crippen LogP contribution in [-0.4, -0.2) is 50.6 Å². The van der Waals surface area contributed by atoms with Gasteiger partial charge in [0.15, 0.2) is 11.5 Å². The maximum absolute atomic E-state index is 13.0. The summed E-state index contributed by atoms with van der Waals surface area (Å²) in [5.74, 6) is -3.97. The second-order valence-electron chi connectivity index (χ2n) is 6.69. The Kier molecular flexibility index (Phi) is 7.17. The number of halogens is 1. The predicted octanol–water partition coefficient (Wildman–Crippen LogP) is 0.930. The van der Waals surface area contributed by atoms with Crippen molar-refractivity contribution >= 4 is 53.1 Å². The topological polar surface area (TPSA) is 151 Å². The van der Waals surface area contributed by atoms with Crippen LogP contribution in [0.15, 0.2) is 42.0 Å². The molecule has 0 spiro atoms. The van der Waals surface area contributed by atoms with Gasteiger partial charge in [-0.3, -0.25) is 14.9 Å². The summed E-state index contributed by atoms with van der Waals surface area (Å²) in [6, 6.07) is 7.11. The Morgan fingerprint density at radius 1 is 1.12 bits per heavy atom. The molecule has 12 heteroatoms. The molecule has 0 aliphatic carbocycles. The number of hydrogen-bond acceptors (Lipinski definition) is 9. The molecule has 2 aromatic carbocycles. The fourth-order valence-corrected chi connectivity index (χ4v) is 3.29. The van der Waals surface area contributed by atoms with Gasteiger partial charge in [-0.2, -0.15) is 0 Å². The van der Waals surface area contributed by atoms with E-state index < -0.39 is 42.0 Å². The van der Waals surface area contributed by atoms with Crippen molar-refractivity contribution in [2.75, 3.05) is 25.7 Å². The van der Waals surface area contributed by atoms with Gasteiger partial charge in [-0.25, -0.2) is 14.5 Å². The number of carbonyl (C=O) groups is 5. The van der Waals surface area contributed by atoms with Gasteiger partial charge in [0.2, 0.25) is 0 Å². The van der Waals surface area contributed by atoms with Crippen molar-refractivity contribution in [2.24, 2.45) is 0 Å². The van der Waals surface area contributed by atoms with Gasteiger partial charge in [-0.1, -0.05) is 11.6 Å². The van der Waals surface area contributed by atoms with Crippen LogP contribution in [0.4, 0.5) is 10.5 Å². The Bertz CT molecular complexity index is 1220. The van der Waals surface area contributed by atoms with E-state index in [2.05, 4.69) is 10.1 Å². The van der Waals surface area contributed by atoms with E-state index in [1.54, 1.807) is 0 Å². The second kappa shape index (κ2) is 10.0. The number of imide groups is 2. The van der Waals surface area contributed by atoms with Crippen LogP contribution in [0.1, 0.15) is 15.9 Å². The fraction of sp³-hybridized carbons (Fsp3) is 0.136. The van der Waals surface area contributed by atoms with E-state index in [1.807, 2.05) is 0 Å². The molecule has 1 aliphatic rings. The molecule has 176 valence electrons. The number of ether oxygens (including phenoxy) is 3. The van der Waals surface area contributed by atoms with Crippen molar-refractivity contribution < 1.29 is 43.3 Å². The summed E-state index contributed by atoms with van der Waals surface area (Å²) >= 11 is 6.15. The zero-order valence-corrected chi connectivity index (χ0v) is 18.5. The minimum absolute atomic E-state index is 0.0376. The Morgan fingerprint density at radius 3 is 2.38 bits per heavy atom. The minimum atomic E-state index is -1.47. The summed E-state index contributed by atoms with van der Waals surface area (Å²) < 4.78 is 14.8. The lowest BCUT2D eigenvalue weighted by atomic mass is 10.1. The first-order valence-corrected chi connectivity index (χ1v) is 9.84. The SMILES string of the molecule is COC(=O)c1ccc(N2C(=O)NC(=O)/C(=C\c3cc(Cl)c(OCC(=O)[O-])c(OC)c3)C2=O)cc1. The summed E-state index contributed by atoms with van der Waals surface area (Å²) in [7, 11) is 2.50. The molecule has 1 saturated heterocycles. The monoisotopic (exact) mass is 487 g/mol. The summed E-state index contributed by atoms with van der Waals surface area (Å²) in [5, 5.41) is 12.7. The number of nitrogens with zero attached hydrogens (tertiary/aromatic N) is 1. The van der Waals surface area contributed by atoms with Crippen LogP contribution in [0.25, 0.3) is 6.08 Å².